The van der Waals surface area contributed by atoms with Gasteiger partial charge in [0.25, 0.3) is 0 Å². The molecular weight excluding hydrogens is 266 g/mol. The summed E-state index contributed by atoms with van der Waals surface area (Å²) in [6, 6.07) is 0. The maximum atomic E-state index is 12.3. The molecule has 19 heavy (non-hydrogen) atoms. The number of anilines is 1. The van der Waals surface area contributed by atoms with Crippen molar-refractivity contribution in [3.05, 3.63) is 12.4 Å². The van der Waals surface area contributed by atoms with Gasteiger partial charge >= 0.3 is 0 Å². The first-order chi connectivity index (χ1) is 9.04. The molecular formula is C11H19N5O2S. The van der Waals surface area contributed by atoms with E-state index in [0.717, 1.165) is 12.8 Å². The average molecular weight is 285 g/mol. The first-order valence-electron chi connectivity index (χ1n) is 6.29. The van der Waals surface area contributed by atoms with Crippen LogP contribution < -0.4 is 11.3 Å². The van der Waals surface area contributed by atoms with Gasteiger partial charge in [-0.2, -0.15) is 0 Å². The van der Waals surface area contributed by atoms with E-state index in [1.165, 1.54) is 29.5 Å². The summed E-state index contributed by atoms with van der Waals surface area (Å²) in [6.07, 6.45) is 7.13. The van der Waals surface area contributed by atoms with Gasteiger partial charge in [0, 0.05) is 13.6 Å². The highest BCUT2D eigenvalue weighted by Crippen LogP contribution is 2.26. The molecule has 1 aromatic rings. The van der Waals surface area contributed by atoms with Crippen LogP contribution in [0.1, 0.15) is 25.7 Å². The maximum absolute atomic E-state index is 12.3. The van der Waals surface area contributed by atoms with E-state index in [1.807, 2.05) is 0 Å². The minimum atomic E-state index is -3.51. The molecule has 0 spiro atoms. The molecule has 0 bridgehead atoms. The SMILES string of the molecule is CN(CC1CCCC1)S(=O)(=O)c1cnc(NN)nc1. The Kier molecular flexibility index (Phi) is 4.33. The molecule has 8 heteroatoms. The van der Waals surface area contributed by atoms with Crippen LogP contribution in [0.2, 0.25) is 0 Å². The normalized spacial score (nSPS) is 17.0. The van der Waals surface area contributed by atoms with Crippen LogP contribution >= 0.6 is 0 Å². The molecule has 3 N–H and O–H groups in total. The molecule has 7 nitrogen and oxygen atoms in total. The molecule has 106 valence electrons. The van der Waals surface area contributed by atoms with Gasteiger partial charge in [0.05, 0.1) is 12.4 Å². The Morgan fingerprint density at radius 2 is 1.95 bits per heavy atom. The van der Waals surface area contributed by atoms with E-state index in [1.54, 1.807) is 7.05 Å². The van der Waals surface area contributed by atoms with Crippen molar-refractivity contribution in [1.29, 1.82) is 0 Å². The van der Waals surface area contributed by atoms with Crippen LogP contribution in [0.3, 0.4) is 0 Å². The molecule has 0 aliphatic heterocycles. The van der Waals surface area contributed by atoms with Gasteiger partial charge in [0.15, 0.2) is 0 Å². The zero-order valence-corrected chi connectivity index (χ0v) is 11.7. The molecule has 1 aliphatic carbocycles. The van der Waals surface area contributed by atoms with Crippen molar-refractivity contribution in [1.82, 2.24) is 14.3 Å². The second-order valence-electron chi connectivity index (χ2n) is 4.82. The highest BCUT2D eigenvalue weighted by molar-refractivity contribution is 7.89. The highest BCUT2D eigenvalue weighted by Gasteiger charge is 2.26. The molecule has 2 rings (SSSR count). The van der Waals surface area contributed by atoms with Crippen molar-refractivity contribution >= 4 is 16.0 Å². The number of nitrogen functional groups attached to an aromatic ring is 1. The van der Waals surface area contributed by atoms with Gasteiger partial charge in [-0.05, 0) is 18.8 Å². The lowest BCUT2D eigenvalue weighted by atomic mass is 10.1. The Hall–Kier alpha value is -1.25. The van der Waals surface area contributed by atoms with Crippen LogP contribution in [0.4, 0.5) is 5.95 Å². The topological polar surface area (TPSA) is 101 Å². The Bertz CT molecular complexity index is 510. The predicted octanol–water partition coefficient (Wildman–Crippen LogP) is 0.573. The third-order valence-corrected chi connectivity index (χ3v) is 5.23. The Morgan fingerprint density at radius 3 is 2.47 bits per heavy atom. The van der Waals surface area contributed by atoms with Gasteiger partial charge in [-0.25, -0.2) is 28.5 Å². The third-order valence-electron chi connectivity index (χ3n) is 3.46. The standard InChI is InChI=1S/C11H19N5O2S/c1-16(8-9-4-2-3-5-9)19(17,18)10-6-13-11(15-12)14-7-10/h6-7,9H,2-5,8,12H2,1H3,(H,13,14,15). The van der Waals surface area contributed by atoms with Crippen LogP contribution in [0, 0.1) is 5.92 Å². The van der Waals surface area contributed by atoms with E-state index in [2.05, 4.69) is 15.4 Å². The van der Waals surface area contributed by atoms with Gasteiger partial charge in [-0.3, -0.25) is 5.43 Å². The van der Waals surface area contributed by atoms with Gasteiger partial charge in [-0.15, -0.1) is 0 Å². The average Bonchev–Trinajstić information content (AvgIpc) is 2.91. The number of hydrogen-bond acceptors (Lipinski definition) is 6. The number of nitrogens with two attached hydrogens (primary N) is 1. The number of aromatic nitrogens is 2. The first kappa shape index (κ1) is 14.2. The lowest BCUT2D eigenvalue weighted by Gasteiger charge is -2.20. The van der Waals surface area contributed by atoms with Crippen LogP contribution in [0.25, 0.3) is 0 Å². The van der Waals surface area contributed by atoms with Crippen molar-refractivity contribution < 1.29 is 8.42 Å². The van der Waals surface area contributed by atoms with Crippen LogP contribution in [0.15, 0.2) is 17.3 Å². The Labute approximate surface area is 113 Å². The van der Waals surface area contributed by atoms with Gasteiger partial charge in [-0.1, -0.05) is 12.8 Å². The fourth-order valence-corrected chi connectivity index (χ4v) is 3.50. The van der Waals surface area contributed by atoms with Crippen LogP contribution in [-0.4, -0.2) is 36.3 Å². The zero-order chi connectivity index (χ0) is 13.9. The fraction of sp³-hybridized carbons (Fsp3) is 0.636. The van der Waals surface area contributed by atoms with E-state index in [0.29, 0.717) is 12.5 Å². The summed E-state index contributed by atoms with van der Waals surface area (Å²) in [6.45, 7) is 0.555. The summed E-state index contributed by atoms with van der Waals surface area (Å²) in [5.41, 5.74) is 2.26. The third kappa shape index (κ3) is 3.20. The minimum Gasteiger partial charge on any atom is -0.292 e. The number of hydrogen-bond donors (Lipinski definition) is 2. The molecule has 0 unspecified atom stereocenters. The fourth-order valence-electron chi connectivity index (χ4n) is 2.36. The molecule has 1 aliphatic rings. The van der Waals surface area contributed by atoms with Crippen molar-refractivity contribution in [3.8, 4) is 0 Å². The summed E-state index contributed by atoms with van der Waals surface area (Å²) < 4.78 is 26.0. The summed E-state index contributed by atoms with van der Waals surface area (Å²) in [5.74, 6) is 5.80. The summed E-state index contributed by atoms with van der Waals surface area (Å²) >= 11 is 0. The number of nitrogens with one attached hydrogen (secondary N) is 1. The zero-order valence-electron chi connectivity index (χ0n) is 10.9. The first-order valence-corrected chi connectivity index (χ1v) is 7.73. The molecule has 0 radical (unpaired) electrons. The summed E-state index contributed by atoms with van der Waals surface area (Å²) in [7, 11) is -1.91. The number of hydrazine groups is 1. The van der Waals surface area contributed by atoms with E-state index >= 15 is 0 Å². The van der Waals surface area contributed by atoms with E-state index in [9.17, 15) is 8.42 Å². The van der Waals surface area contributed by atoms with E-state index in [4.69, 9.17) is 5.84 Å². The second kappa shape index (κ2) is 5.81. The van der Waals surface area contributed by atoms with Crippen molar-refractivity contribution in [2.75, 3.05) is 19.0 Å². The molecule has 1 saturated carbocycles. The van der Waals surface area contributed by atoms with Crippen molar-refractivity contribution in [2.24, 2.45) is 11.8 Å². The lowest BCUT2D eigenvalue weighted by Crippen LogP contribution is -2.31. The molecule has 0 aromatic carbocycles. The molecule has 1 fully saturated rings. The molecule has 1 heterocycles. The van der Waals surface area contributed by atoms with Gasteiger partial charge < -0.3 is 0 Å². The molecule has 0 saturated heterocycles. The Morgan fingerprint density at radius 1 is 1.37 bits per heavy atom. The molecule has 0 amide bonds. The maximum Gasteiger partial charge on any atom is 0.245 e. The minimum absolute atomic E-state index is 0.0898. The second-order valence-corrected chi connectivity index (χ2v) is 6.87. The smallest absolute Gasteiger partial charge is 0.245 e. The largest absolute Gasteiger partial charge is 0.292 e. The van der Waals surface area contributed by atoms with Crippen molar-refractivity contribution in [3.63, 3.8) is 0 Å². The van der Waals surface area contributed by atoms with E-state index in [-0.39, 0.29) is 10.8 Å². The monoisotopic (exact) mass is 285 g/mol. The van der Waals surface area contributed by atoms with Crippen molar-refractivity contribution in [2.45, 2.75) is 30.6 Å². The quantitative estimate of drug-likeness (QED) is 0.606. The lowest BCUT2D eigenvalue weighted by molar-refractivity contribution is 0.387. The summed E-state index contributed by atoms with van der Waals surface area (Å²) in [4.78, 5) is 7.74. The van der Waals surface area contributed by atoms with E-state index < -0.39 is 10.0 Å². The summed E-state index contributed by atoms with van der Waals surface area (Å²) in [5, 5.41) is 0. The predicted molar refractivity (Wildman–Crippen MR) is 71.6 cm³/mol. The van der Waals surface area contributed by atoms with Gasteiger partial charge in [0.1, 0.15) is 4.90 Å². The highest BCUT2D eigenvalue weighted by atomic mass is 32.2. The van der Waals surface area contributed by atoms with Crippen LogP contribution in [-0.2, 0) is 10.0 Å². The number of sulfonamides is 1. The number of rotatable bonds is 5. The number of nitrogens with zero attached hydrogens (tertiary/aromatic N) is 3. The molecule has 0 atom stereocenters. The molecule has 1 aromatic heterocycles. The van der Waals surface area contributed by atoms with Crippen LogP contribution in [0.5, 0.6) is 0 Å². The van der Waals surface area contributed by atoms with Gasteiger partial charge in [0.2, 0.25) is 16.0 Å². The Balaban J connectivity index is 2.10.